The van der Waals surface area contributed by atoms with Gasteiger partial charge in [-0.05, 0) is 44.9 Å². The first-order chi connectivity index (χ1) is 19.2. The Labute approximate surface area is 243 Å². The number of carboxylic acid groups (broad SMARTS) is 1. The van der Waals surface area contributed by atoms with Crippen molar-refractivity contribution in [3.63, 3.8) is 0 Å². The maximum absolute atomic E-state index is 11.9. The number of aliphatic hydroxyl groups excluding tert-OH is 1. The van der Waals surface area contributed by atoms with Gasteiger partial charge in [0, 0.05) is 6.42 Å². The summed E-state index contributed by atoms with van der Waals surface area (Å²) in [5.41, 5.74) is 0. The molecule has 0 aromatic heterocycles. The Morgan fingerprint density at radius 1 is 0.775 bits per heavy atom. The molecular weight excluding hydrogens is 510 g/mol. The monoisotopic (exact) mass is 567 g/mol. The van der Waals surface area contributed by atoms with E-state index in [2.05, 4.69) is 43.4 Å². The second kappa shape index (κ2) is 25.9. The third-order valence-corrected chi connectivity index (χ3v) is 6.12. The molecule has 0 radical (unpaired) electrons. The first-order valence-corrected chi connectivity index (χ1v) is 15.2. The van der Waals surface area contributed by atoms with Gasteiger partial charge in [0.1, 0.15) is 19.3 Å². The van der Waals surface area contributed by atoms with E-state index >= 15 is 0 Å². The van der Waals surface area contributed by atoms with Crippen molar-refractivity contribution in [3.8, 4) is 0 Å². The molecule has 0 amide bonds. The van der Waals surface area contributed by atoms with Crippen LogP contribution in [0.1, 0.15) is 96.8 Å². The maximum Gasteiger partial charge on any atom is 0.305 e. The lowest BCUT2D eigenvalue weighted by Gasteiger charge is -2.26. The predicted octanol–water partition coefficient (Wildman–Crippen LogP) is 4.86. The van der Waals surface area contributed by atoms with E-state index in [9.17, 15) is 19.8 Å². The molecule has 0 spiro atoms. The molecule has 40 heavy (non-hydrogen) atoms. The van der Waals surface area contributed by atoms with Gasteiger partial charge in [-0.1, -0.05) is 81.9 Å². The van der Waals surface area contributed by atoms with Gasteiger partial charge in [0.15, 0.2) is 6.29 Å². The van der Waals surface area contributed by atoms with Crippen LogP contribution < -0.4 is 5.11 Å². The van der Waals surface area contributed by atoms with Crippen LogP contribution in [0, 0.1) is 0 Å². The average Bonchev–Trinajstić information content (AvgIpc) is 2.89. The van der Waals surface area contributed by atoms with Gasteiger partial charge in [-0.25, -0.2) is 0 Å². The molecule has 0 heterocycles. The number of hydrogen-bond acceptors (Lipinski definition) is 7. The molecule has 0 bridgehead atoms. The maximum atomic E-state index is 11.9. The number of likely N-dealkylation sites (N-methyl/N-ethyl adjacent to an activating group) is 1. The highest BCUT2D eigenvalue weighted by Gasteiger charge is 2.17. The number of carboxylic acids is 1. The van der Waals surface area contributed by atoms with E-state index in [1.165, 1.54) is 38.5 Å². The quantitative estimate of drug-likeness (QED) is 0.0497. The normalized spacial score (nSPS) is 13.9. The average molecular weight is 568 g/mol. The summed E-state index contributed by atoms with van der Waals surface area (Å²) in [6.07, 6.45) is 25.6. The summed E-state index contributed by atoms with van der Waals surface area (Å²) in [6, 6.07) is 0. The van der Waals surface area contributed by atoms with E-state index in [1.54, 1.807) is 0 Å². The van der Waals surface area contributed by atoms with Crippen LogP contribution in [0.3, 0.4) is 0 Å². The number of carbonyl (C=O) groups is 2. The molecule has 8 heteroatoms. The summed E-state index contributed by atoms with van der Waals surface area (Å²) < 4.78 is 15.9. The molecule has 0 aliphatic carbocycles. The van der Waals surface area contributed by atoms with Gasteiger partial charge < -0.3 is 33.7 Å². The molecule has 1 N–H and O–H groups in total. The smallest absolute Gasteiger partial charge is 0.305 e. The van der Waals surface area contributed by atoms with E-state index in [1.807, 2.05) is 21.1 Å². The van der Waals surface area contributed by atoms with Gasteiger partial charge in [-0.3, -0.25) is 4.79 Å². The highest BCUT2D eigenvalue weighted by atomic mass is 16.7. The first-order valence-electron chi connectivity index (χ1n) is 15.2. The lowest BCUT2D eigenvalue weighted by Crippen LogP contribution is -2.44. The number of hydrogen-bond donors (Lipinski definition) is 1. The second-order valence-electron chi connectivity index (χ2n) is 11.2. The molecule has 2 atom stereocenters. The lowest BCUT2D eigenvalue weighted by atomic mass is 10.1. The van der Waals surface area contributed by atoms with Crippen molar-refractivity contribution in [1.29, 1.82) is 0 Å². The number of carbonyl (C=O) groups excluding carboxylic acids is 2. The van der Waals surface area contributed by atoms with Gasteiger partial charge in [0.05, 0.1) is 40.3 Å². The van der Waals surface area contributed by atoms with Crippen LogP contribution in [-0.2, 0) is 23.8 Å². The van der Waals surface area contributed by atoms with E-state index in [-0.39, 0.29) is 25.8 Å². The van der Waals surface area contributed by atoms with Crippen LogP contribution in [0.5, 0.6) is 0 Å². The second-order valence-corrected chi connectivity index (χ2v) is 11.2. The van der Waals surface area contributed by atoms with Crippen molar-refractivity contribution < 1.29 is 38.5 Å². The minimum absolute atomic E-state index is 0.167. The fraction of sp³-hybridized carbons (Fsp3) is 0.750. The number of rotatable bonds is 27. The zero-order chi connectivity index (χ0) is 29.9. The highest BCUT2D eigenvalue weighted by molar-refractivity contribution is 5.69. The van der Waals surface area contributed by atoms with Gasteiger partial charge in [0.2, 0.25) is 0 Å². The third kappa shape index (κ3) is 27.6. The molecular formula is C32H57NO7. The van der Waals surface area contributed by atoms with E-state index < -0.39 is 18.4 Å². The van der Waals surface area contributed by atoms with Gasteiger partial charge in [-0.2, -0.15) is 0 Å². The topological polar surface area (TPSA) is 105 Å². The molecule has 0 fully saturated rings. The van der Waals surface area contributed by atoms with Crippen molar-refractivity contribution in [1.82, 2.24) is 0 Å². The van der Waals surface area contributed by atoms with Crippen molar-refractivity contribution in [2.75, 3.05) is 47.5 Å². The first kappa shape index (κ1) is 38.0. The zero-order valence-corrected chi connectivity index (χ0v) is 25.7. The summed E-state index contributed by atoms with van der Waals surface area (Å²) in [4.78, 5) is 23.0. The Morgan fingerprint density at radius 3 is 1.90 bits per heavy atom. The minimum Gasteiger partial charge on any atom is -0.545 e. The van der Waals surface area contributed by atoms with Crippen molar-refractivity contribution >= 4 is 11.9 Å². The van der Waals surface area contributed by atoms with E-state index in [0.29, 0.717) is 17.4 Å². The van der Waals surface area contributed by atoms with Gasteiger partial charge in [-0.15, -0.1) is 0 Å². The van der Waals surface area contributed by atoms with Gasteiger partial charge in [0.25, 0.3) is 0 Å². The molecule has 8 nitrogen and oxygen atoms in total. The standard InChI is InChI=1S/C32H57NO7/c1-5-6-7-8-9-10-11-12-13-14-15-16-17-18-19-20-21-22-23-24-30(35)39-27-29(34)28-40-32(31(36)37)38-26-25-33(2,3)4/h9-10,12-13,15-16,29,32,34H,5-8,11,14,17-28H2,1-4H3/b10-9-,13-12-,16-15-. The fourth-order valence-corrected chi connectivity index (χ4v) is 3.65. The number of aliphatic carboxylic acids is 1. The van der Waals surface area contributed by atoms with Crippen LogP contribution >= 0.6 is 0 Å². The third-order valence-electron chi connectivity index (χ3n) is 6.12. The number of esters is 1. The number of allylic oxidation sites excluding steroid dienone is 6. The largest absolute Gasteiger partial charge is 0.545 e. The van der Waals surface area contributed by atoms with E-state index in [0.717, 1.165) is 44.9 Å². The van der Waals surface area contributed by atoms with Gasteiger partial charge >= 0.3 is 5.97 Å². The van der Waals surface area contributed by atoms with Crippen LogP contribution in [0.4, 0.5) is 0 Å². The SMILES string of the molecule is CCCCC/C=C\C/C=C\C/C=C\CCCCCCCCC(=O)OCC(O)COC(OCC[N+](C)(C)C)C(=O)[O-]. The zero-order valence-electron chi connectivity index (χ0n) is 25.7. The molecule has 0 saturated heterocycles. The lowest BCUT2D eigenvalue weighted by molar-refractivity contribution is -0.870. The highest BCUT2D eigenvalue weighted by Crippen LogP contribution is 2.10. The summed E-state index contributed by atoms with van der Waals surface area (Å²) in [5, 5.41) is 21.1. The van der Waals surface area contributed by atoms with Crippen molar-refractivity contribution in [2.24, 2.45) is 0 Å². The summed E-state index contributed by atoms with van der Waals surface area (Å²) in [7, 11) is 5.85. The fourth-order valence-electron chi connectivity index (χ4n) is 3.65. The van der Waals surface area contributed by atoms with E-state index in [4.69, 9.17) is 14.2 Å². The molecule has 232 valence electrons. The summed E-state index contributed by atoms with van der Waals surface area (Å²) >= 11 is 0. The number of aliphatic hydroxyl groups is 1. The van der Waals surface area contributed by atoms with Crippen molar-refractivity contribution in [3.05, 3.63) is 36.5 Å². The number of unbranched alkanes of at least 4 members (excludes halogenated alkanes) is 9. The Bertz CT molecular complexity index is 713. The number of ether oxygens (including phenoxy) is 3. The van der Waals surface area contributed by atoms with Crippen LogP contribution in [-0.4, -0.2) is 81.4 Å². The minimum atomic E-state index is -1.58. The Balaban J connectivity index is 3.66. The van der Waals surface area contributed by atoms with Crippen LogP contribution in [0.25, 0.3) is 0 Å². The Kier molecular flexibility index (Phi) is 24.6. The molecule has 0 aromatic rings. The molecule has 0 saturated carbocycles. The summed E-state index contributed by atoms with van der Waals surface area (Å²) in [6.45, 7) is 2.39. The summed E-state index contributed by atoms with van der Waals surface area (Å²) in [5.74, 6) is -1.89. The molecule has 0 aromatic carbocycles. The molecule has 2 unspecified atom stereocenters. The Hall–Kier alpha value is -2.00. The van der Waals surface area contributed by atoms with Crippen molar-refractivity contribution in [2.45, 2.75) is 109 Å². The Morgan fingerprint density at radius 2 is 1.32 bits per heavy atom. The van der Waals surface area contributed by atoms with Crippen LogP contribution in [0.2, 0.25) is 0 Å². The molecule has 0 aliphatic rings. The number of nitrogens with zero attached hydrogens (tertiary/aromatic N) is 1. The molecule has 0 aliphatic heterocycles. The molecule has 0 rings (SSSR count). The predicted molar refractivity (Wildman–Crippen MR) is 158 cm³/mol. The van der Waals surface area contributed by atoms with Crippen LogP contribution in [0.15, 0.2) is 36.5 Å². The number of quaternary nitrogens is 1.